The molecule has 92 valence electrons. The SMILES string of the molecule is CON(C)C(=O)CNC(=O)c1ccc(Br)cc1. The number of carbonyl (C=O) groups is 2. The number of halogens is 1. The van der Waals surface area contributed by atoms with Crippen molar-refractivity contribution in [1.29, 1.82) is 0 Å². The lowest BCUT2D eigenvalue weighted by Crippen LogP contribution is -2.37. The maximum atomic E-state index is 11.6. The van der Waals surface area contributed by atoms with Crippen molar-refractivity contribution >= 4 is 27.7 Å². The minimum atomic E-state index is -0.321. The van der Waals surface area contributed by atoms with Crippen molar-refractivity contribution in [2.45, 2.75) is 0 Å². The number of hydrogen-bond donors (Lipinski definition) is 1. The second kappa shape index (κ2) is 6.36. The fraction of sp³-hybridized carbons (Fsp3) is 0.273. The first-order valence-corrected chi connectivity index (χ1v) is 5.68. The zero-order valence-corrected chi connectivity index (χ0v) is 11.2. The number of carbonyl (C=O) groups excluding carboxylic acids is 2. The summed E-state index contributed by atoms with van der Waals surface area (Å²) < 4.78 is 0.893. The number of nitrogens with zero attached hydrogens (tertiary/aromatic N) is 1. The molecule has 0 unspecified atom stereocenters. The van der Waals surface area contributed by atoms with Gasteiger partial charge in [0.15, 0.2) is 0 Å². The predicted molar refractivity (Wildman–Crippen MR) is 66.3 cm³/mol. The molecule has 6 heteroatoms. The summed E-state index contributed by atoms with van der Waals surface area (Å²) in [4.78, 5) is 27.7. The van der Waals surface area contributed by atoms with Gasteiger partial charge in [0.25, 0.3) is 11.8 Å². The fourth-order valence-corrected chi connectivity index (χ4v) is 1.34. The van der Waals surface area contributed by atoms with Crippen LogP contribution in [-0.4, -0.2) is 37.6 Å². The van der Waals surface area contributed by atoms with Gasteiger partial charge in [0, 0.05) is 17.1 Å². The largest absolute Gasteiger partial charge is 0.343 e. The van der Waals surface area contributed by atoms with Crippen molar-refractivity contribution in [3.8, 4) is 0 Å². The Morgan fingerprint density at radius 1 is 1.35 bits per heavy atom. The predicted octanol–water partition coefficient (Wildman–Crippen LogP) is 1.20. The summed E-state index contributed by atoms with van der Waals surface area (Å²) in [5.41, 5.74) is 0.501. The third-order valence-corrected chi connectivity index (χ3v) is 2.66. The van der Waals surface area contributed by atoms with Crippen LogP contribution >= 0.6 is 15.9 Å². The van der Waals surface area contributed by atoms with E-state index in [2.05, 4.69) is 21.2 Å². The topological polar surface area (TPSA) is 58.6 Å². The van der Waals surface area contributed by atoms with E-state index in [0.29, 0.717) is 5.56 Å². The molecule has 0 atom stereocenters. The van der Waals surface area contributed by atoms with Crippen LogP contribution in [0.3, 0.4) is 0 Å². The van der Waals surface area contributed by atoms with Gasteiger partial charge in [-0.1, -0.05) is 15.9 Å². The molecule has 0 aromatic heterocycles. The van der Waals surface area contributed by atoms with E-state index >= 15 is 0 Å². The van der Waals surface area contributed by atoms with Crippen molar-refractivity contribution in [2.24, 2.45) is 0 Å². The van der Waals surface area contributed by atoms with Crippen LogP contribution in [0.15, 0.2) is 28.7 Å². The minimum absolute atomic E-state index is 0.0980. The molecule has 0 aliphatic heterocycles. The molecule has 0 saturated heterocycles. The van der Waals surface area contributed by atoms with Gasteiger partial charge in [0.1, 0.15) is 0 Å². The highest BCUT2D eigenvalue weighted by Crippen LogP contribution is 2.10. The lowest BCUT2D eigenvalue weighted by atomic mass is 10.2. The molecule has 1 aromatic carbocycles. The van der Waals surface area contributed by atoms with Gasteiger partial charge in [-0.05, 0) is 24.3 Å². The van der Waals surface area contributed by atoms with Crippen LogP contribution in [0, 0.1) is 0 Å². The molecule has 17 heavy (non-hydrogen) atoms. The molecule has 1 aromatic rings. The van der Waals surface area contributed by atoms with Gasteiger partial charge < -0.3 is 5.32 Å². The molecule has 0 saturated carbocycles. The Morgan fingerprint density at radius 3 is 2.47 bits per heavy atom. The second-order valence-corrected chi connectivity index (χ2v) is 4.18. The summed E-state index contributed by atoms with van der Waals surface area (Å²) in [6, 6.07) is 6.86. The summed E-state index contributed by atoms with van der Waals surface area (Å²) in [5, 5.41) is 3.57. The molecule has 1 rings (SSSR count). The maximum Gasteiger partial charge on any atom is 0.265 e. The number of amides is 2. The molecule has 0 aliphatic carbocycles. The third-order valence-electron chi connectivity index (χ3n) is 2.13. The van der Waals surface area contributed by atoms with E-state index in [0.717, 1.165) is 9.54 Å². The number of benzene rings is 1. The molecule has 0 fully saturated rings. The lowest BCUT2D eigenvalue weighted by Gasteiger charge is -2.13. The van der Waals surface area contributed by atoms with E-state index in [1.165, 1.54) is 14.2 Å². The summed E-state index contributed by atoms with van der Waals surface area (Å²) in [6.07, 6.45) is 0. The summed E-state index contributed by atoms with van der Waals surface area (Å²) in [6.45, 7) is -0.0980. The average molecular weight is 301 g/mol. The summed E-state index contributed by atoms with van der Waals surface area (Å²) in [5.74, 6) is -0.617. The van der Waals surface area contributed by atoms with Gasteiger partial charge in [0.05, 0.1) is 13.7 Å². The summed E-state index contributed by atoms with van der Waals surface area (Å²) >= 11 is 3.28. The Hall–Kier alpha value is -1.40. The van der Waals surface area contributed by atoms with Gasteiger partial charge in [-0.2, -0.15) is 0 Å². The third kappa shape index (κ3) is 4.16. The minimum Gasteiger partial charge on any atom is -0.343 e. The van der Waals surface area contributed by atoms with Crippen molar-refractivity contribution in [3.05, 3.63) is 34.3 Å². The zero-order chi connectivity index (χ0) is 12.8. The number of rotatable bonds is 4. The van der Waals surface area contributed by atoms with E-state index in [1.807, 2.05) is 0 Å². The first kappa shape index (κ1) is 13.7. The number of hydrogen-bond acceptors (Lipinski definition) is 3. The standard InChI is InChI=1S/C11H13BrN2O3/c1-14(17-2)10(15)7-13-11(16)8-3-5-9(12)6-4-8/h3-6H,7H2,1-2H3,(H,13,16). The molecule has 0 heterocycles. The van der Waals surface area contributed by atoms with Gasteiger partial charge >= 0.3 is 0 Å². The van der Waals surface area contributed by atoms with Gasteiger partial charge in [-0.3, -0.25) is 14.4 Å². The smallest absolute Gasteiger partial charge is 0.265 e. The van der Waals surface area contributed by atoms with Crippen LogP contribution in [0.4, 0.5) is 0 Å². The Bertz CT molecular complexity index is 406. The normalized spacial score (nSPS) is 9.82. The maximum absolute atomic E-state index is 11.6. The van der Waals surface area contributed by atoms with Crippen LogP contribution in [0.1, 0.15) is 10.4 Å². The average Bonchev–Trinajstić information content (AvgIpc) is 2.35. The van der Waals surface area contributed by atoms with Crippen LogP contribution in [0.2, 0.25) is 0 Å². The quantitative estimate of drug-likeness (QED) is 0.850. The van der Waals surface area contributed by atoms with E-state index in [1.54, 1.807) is 24.3 Å². The Labute approximate surface area is 108 Å². The molecule has 0 bridgehead atoms. The van der Waals surface area contributed by atoms with Crippen LogP contribution < -0.4 is 5.32 Å². The molecule has 0 spiro atoms. The highest BCUT2D eigenvalue weighted by molar-refractivity contribution is 9.10. The van der Waals surface area contributed by atoms with E-state index in [9.17, 15) is 9.59 Å². The van der Waals surface area contributed by atoms with Gasteiger partial charge in [0.2, 0.25) is 0 Å². The zero-order valence-electron chi connectivity index (χ0n) is 9.57. The first-order valence-electron chi connectivity index (χ1n) is 4.89. The Kier molecular flexibility index (Phi) is 5.11. The highest BCUT2D eigenvalue weighted by atomic mass is 79.9. The van der Waals surface area contributed by atoms with Crippen LogP contribution in [0.25, 0.3) is 0 Å². The highest BCUT2D eigenvalue weighted by Gasteiger charge is 2.10. The molecule has 1 N–H and O–H groups in total. The lowest BCUT2D eigenvalue weighted by molar-refractivity contribution is -0.167. The van der Waals surface area contributed by atoms with Crippen LogP contribution in [-0.2, 0) is 9.63 Å². The van der Waals surface area contributed by atoms with Crippen LogP contribution in [0.5, 0.6) is 0 Å². The van der Waals surface area contributed by atoms with E-state index < -0.39 is 0 Å². The molecule has 2 amide bonds. The van der Waals surface area contributed by atoms with Crippen molar-refractivity contribution in [3.63, 3.8) is 0 Å². The van der Waals surface area contributed by atoms with Gasteiger partial charge in [-0.25, -0.2) is 5.06 Å². The number of nitrogens with one attached hydrogen (secondary N) is 1. The number of hydroxylamine groups is 2. The molecule has 0 radical (unpaired) electrons. The van der Waals surface area contributed by atoms with E-state index in [-0.39, 0.29) is 18.4 Å². The second-order valence-electron chi connectivity index (χ2n) is 3.26. The first-order chi connectivity index (χ1) is 8.04. The van der Waals surface area contributed by atoms with Crippen molar-refractivity contribution < 1.29 is 14.4 Å². The number of likely N-dealkylation sites (N-methyl/N-ethyl adjacent to an activating group) is 1. The van der Waals surface area contributed by atoms with Crippen molar-refractivity contribution in [2.75, 3.05) is 20.7 Å². The fourth-order valence-electron chi connectivity index (χ4n) is 1.07. The molecular formula is C11H13BrN2O3. The monoisotopic (exact) mass is 300 g/mol. The van der Waals surface area contributed by atoms with Gasteiger partial charge in [-0.15, -0.1) is 0 Å². The Morgan fingerprint density at radius 2 is 1.94 bits per heavy atom. The molecular weight excluding hydrogens is 288 g/mol. The molecule has 0 aliphatic rings. The molecule has 5 nitrogen and oxygen atoms in total. The Balaban J connectivity index is 2.50. The van der Waals surface area contributed by atoms with E-state index in [4.69, 9.17) is 4.84 Å². The summed E-state index contributed by atoms with van der Waals surface area (Å²) in [7, 11) is 2.86. The van der Waals surface area contributed by atoms with Crippen molar-refractivity contribution in [1.82, 2.24) is 10.4 Å².